The number of carbonyl (C=O) groups excluding carboxylic acids is 2. The molecule has 0 amide bonds. The van der Waals surface area contributed by atoms with Gasteiger partial charge in [-0.3, -0.25) is 0 Å². The Kier molecular flexibility index (Phi) is 12.0. The monoisotopic (exact) mass is 440 g/mol. The summed E-state index contributed by atoms with van der Waals surface area (Å²) < 4.78 is 16.4. The molecule has 0 N–H and O–H groups in total. The molecular weight excluding hydrogens is 404 g/mol. The van der Waals surface area contributed by atoms with Crippen LogP contribution in [0.15, 0.2) is 48.5 Å². The maximum atomic E-state index is 12.4. The van der Waals surface area contributed by atoms with Crippen LogP contribution in [-0.2, 0) is 4.74 Å². The molecule has 2 aromatic carbocycles. The van der Waals surface area contributed by atoms with Crippen LogP contribution in [0.2, 0.25) is 0 Å². The smallest absolute Gasteiger partial charge is 0.343 e. The van der Waals surface area contributed by atoms with Crippen molar-refractivity contribution < 1.29 is 23.8 Å². The molecule has 5 nitrogen and oxygen atoms in total. The Morgan fingerprint density at radius 3 is 1.72 bits per heavy atom. The fourth-order valence-electron chi connectivity index (χ4n) is 3.18. The Balaban J connectivity index is 1.75. The van der Waals surface area contributed by atoms with Gasteiger partial charge in [-0.15, -0.1) is 0 Å². The molecule has 32 heavy (non-hydrogen) atoms. The molecule has 0 fully saturated rings. The predicted octanol–water partition coefficient (Wildman–Crippen LogP) is 6.99. The molecule has 0 radical (unpaired) electrons. The standard InChI is InChI=1S/C27H36O5/c1-3-5-7-9-11-21-31-26(28)22-14-18-25(19-15-22)32-27(29)23-12-16-24(17-13-23)30-20-10-8-6-4-2/h12-19H,3-11,20-21H2,1-2H3. The van der Waals surface area contributed by atoms with Crippen LogP contribution in [0.3, 0.4) is 0 Å². The highest BCUT2D eigenvalue weighted by atomic mass is 16.5. The van der Waals surface area contributed by atoms with Crippen molar-refractivity contribution in [2.75, 3.05) is 13.2 Å². The van der Waals surface area contributed by atoms with Crippen LogP contribution >= 0.6 is 0 Å². The molecular formula is C27H36O5. The summed E-state index contributed by atoms with van der Waals surface area (Å²) in [6, 6.07) is 13.4. The van der Waals surface area contributed by atoms with Crippen molar-refractivity contribution in [1.82, 2.24) is 0 Å². The molecule has 174 valence electrons. The minimum absolute atomic E-state index is 0.358. The Labute approximate surface area is 192 Å². The van der Waals surface area contributed by atoms with Crippen molar-refractivity contribution in [1.29, 1.82) is 0 Å². The Bertz CT molecular complexity index is 796. The summed E-state index contributed by atoms with van der Waals surface area (Å²) in [4.78, 5) is 24.5. The summed E-state index contributed by atoms with van der Waals surface area (Å²) in [6.07, 6.45) is 10.1. The Morgan fingerprint density at radius 1 is 0.594 bits per heavy atom. The molecule has 0 bridgehead atoms. The first-order chi connectivity index (χ1) is 15.6. The molecule has 0 spiro atoms. The second-order valence-electron chi connectivity index (χ2n) is 7.90. The van der Waals surface area contributed by atoms with E-state index in [-0.39, 0.29) is 5.97 Å². The van der Waals surface area contributed by atoms with Gasteiger partial charge in [-0.25, -0.2) is 9.59 Å². The number of rotatable bonds is 15. The van der Waals surface area contributed by atoms with E-state index in [2.05, 4.69) is 13.8 Å². The zero-order chi connectivity index (χ0) is 23.0. The number of benzene rings is 2. The van der Waals surface area contributed by atoms with Gasteiger partial charge in [0.2, 0.25) is 0 Å². The third-order valence-electron chi connectivity index (χ3n) is 5.14. The summed E-state index contributed by atoms with van der Waals surface area (Å²) in [5.41, 5.74) is 0.883. The molecule has 2 aromatic rings. The molecule has 0 aliphatic carbocycles. The van der Waals surface area contributed by atoms with Crippen molar-refractivity contribution in [3.8, 4) is 11.5 Å². The normalized spacial score (nSPS) is 10.6. The molecule has 0 aliphatic rings. The molecule has 5 heteroatoms. The quantitative estimate of drug-likeness (QED) is 0.170. The predicted molar refractivity (Wildman–Crippen MR) is 127 cm³/mol. The van der Waals surface area contributed by atoms with Crippen molar-refractivity contribution in [2.24, 2.45) is 0 Å². The fourth-order valence-corrected chi connectivity index (χ4v) is 3.18. The highest BCUT2D eigenvalue weighted by Gasteiger charge is 2.11. The van der Waals surface area contributed by atoms with Gasteiger partial charge < -0.3 is 14.2 Å². The van der Waals surface area contributed by atoms with Crippen LogP contribution in [0.25, 0.3) is 0 Å². The summed E-state index contributed by atoms with van der Waals surface area (Å²) in [6.45, 7) is 5.45. The topological polar surface area (TPSA) is 61.8 Å². The lowest BCUT2D eigenvalue weighted by molar-refractivity contribution is 0.0497. The minimum Gasteiger partial charge on any atom is -0.494 e. The minimum atomic E-state index is -0.457. The van der Waals surface area contributed by atoms with E-state index < -0.39 is 5.97 Å². The van der Waals surface area contributed by atoms with Crippen molar-refractivity contribution >= 4 is 11.9 Å². The van der Waals surface area contributed by atoms with E-state index >= 15 is 0 Å². The van der Waals surface area contributed by atoms with Gasteiger partial charge in [0.15, 0.2) is 0 Å². The molecule has 0 heterocycles. The van der Waals surface area contributed by atoms with Crippen molar-refractivity contribution in [3.63, 3.8) is 0 Å². The first kappa shape index (κ1) is 25.4. The first-order valence-electron chi connectivity index (χ1n) is 11.9. The van der Waals surface area contributed by atoms with E-state index in [0.29, 0.717) is 30.1 Å². The van der Waals surface area contributed by atoms with Crippen LogP contribution in [0.4, 0.5) is 0 Å². The van der Waals surface area contributed by atoms with Gasteiger partial charge in [0.1, 0.15) is 11.5 Å². The number of esters is 2. The second kappa shape index (κ2) is 15.1. The molecule has 0 saturated heterocycles. The maximum absolute atomic E-state index is 12.4. The van der Waals surface area contributed by atoms with E-state index in [9.17, 15) is 9.59 Å². The maximum Gasteiger partial charge on any atom is 0.343 e. The van der Waals surface area contributed by atoms with E-state index in [1.165, 1.54) is 32.1 Å². The Hall–Kier alpha value is -2.82. The lowest BCUT2D eigenvalue weighted by Gasteiger charge is -2.08. The molecule has 0 atom stereocenters. The van der Waals surface area contributed by atoms with Gasteiger partial charge in [0.05, 0.1) is 24.3 Å². The Morgan fingerprint density at radius 2 is 1.09 bits per heavy atom. The second-order valence-corrected chi connectivity index (χ2v) is 7.90. The highest BCUT2D eigenvalue weighted by Crippen LogP contribution is 2.18. The van der Waals surface area contributed by atoms with E-state index in [4.69, 9.17) is 14.2 Å². The highest BCUT2D eigenvalue weighted by molar-refractivity contribution is 5.92. The third kappa shape index (κ3) is 9.54. The average Bonchev–Trinajstić information content (AvgIpc) is 2.82. The lowest BCUT2D eigenvalue weighted by Crippen LogP contribution is -2.09. The van der Waals surface area contributed by atoms with Crippen LogP contribution in [-0.4, -0.2) is 25.2 Å². The third-order valence-corrected chi connectivity index (χ3v) is 5.14. The van der Waals surface area contributed by atoms with Gasteiger partial charge in [-0.05, 0) is 61.4 Å². The summed E-state index contributed by atoms with van der Waals surface area (Å²) in [7, 11) is 0. The zero-order valence-electron chi connectivity index (χ0n) is 19.4. The van der Waals surface area contributed by atoms with Crippen molar-refractivity contribution in [3.05, 3.63) is 59.7 Å². The number of carbonyl (C=O) groups is 2. The van der Waals surface area contributed by atoms with Crippen LogP contribution in [0, 0.1) is 0 Å². The zero-order valence-corrected chi connectivity index (χ0v) is 19.4. The number of hydrogen-bond acceptors (Lipinski definition) is 5. The summed E-state index contributed by atoms with van der Waals surface area (Å²) in [5.74, 6) is 0.305. The molecule has 2 rings (SSSR count). The van der Waals surface area contributed by atoms with Gasteiger partial charge in [-0.1, -0.05) is 58.8 Å². The molecule has 0 unspecified atom stereocenters. The van der Waals surface area contributed by atoms with Gasteiger partial charge in [-0.2, -0.15) is 0 Å². The van der Waals surface area contributed by atoms with Crippen LogP contribution in [0.1, 0.15) is 92.4 Å². The first-order valence-corrected chi connectivity index (χ1v) is 11.9. The lowest BCUT2D eigenvalue weighted by atomic mass is 10.2. The van der Waals surface area contributed by atoms with Gasteiger partial charge in [0.25, 0.3) is 0 Å². The molecule has 0 saturated carbocycles. The van der Waals surface area contributed by atoms with E-state index in [0.717, 1.165) is 31.4 Å². The van der Waals surface area contributed by atoms with Crippen molar-refractivity contribution in [2.45, 2.75) is 71.6 Å². The number of hydrogen-bond donors (Lipinski definition) is 0. The molecule has 0 aliphatic heterocycles. The largest absolute Gasteiger partial charge is 0.494 e. The van der Waals surface area contributed by atoms with E-state index in [1.807, 2.05) is 0 Å². The SMILES string of the molecule is CCCCCCCOC(=O)c1ccc(OC(=O)c2ccc(OCCCCCC)cc2)cc1. The van der Waals surface area contributed by atoms with E-state index in [1.54, 1.807) is 48.5 Å². The summed E-state index contributed by atoms with van der Waals surface area (Å²) in [5, 5.41) is 0. The fraction of sp³-hybridized carbons (Fsp3) is 0.481. The average molecular weight is 441 g/mol. The van der Waals surface area contributed by atoms with Gasteiger partial charge in [0, 0.05) is 0 Å². The number of ether oxygens (including phenoxy) is 3. The van der Waals surface area contributed by atoms with Crippen LogP contribution < -0.4 is 9.47 Å². The van der Waals surface area contributed by atoms with Crippen LogP contribution in [0.5, 0.6) is 11.5 Å². The number of unbranched alkanes of at least 4 members (excludes halogenated alkanes) is 7. The van der Waals surface area contributed by atoms with Gasteiger partial charge >= 0.3 is 11.9 Å². The summed E-state index contributed by atoms with van der Waals surface area (Å²) >= 11 is 0. The molecule has 0 aromatic heterocycles.